The molecule has 2 fully saturated rings. The van der Waals surface area contributed by atoms with Crippen LogP contribution in [0.3, 0.4) is 0 Å². The molecule has 2 rings (SSSR count). The number of carbonyl (C=O) groups excluding carboxylic acids is 1. The molecule has 1 saturated carbocycles. The molecule has 1 heterocycles. The summed E-state index contributed by atoms with van der Waals surface area (Å²) in [5, 5.41) is 14.6. The number of carboxylic acids is 1. The maximum Gasteiger partial charge on any atom is 0.332 e. The average Bonchev–Trinajstić information content (AvgIpc) is 2.88. The van der Waals surface area contributed by atoms with E-state index in [4.69, 9.17) is 9.84 Å². The van der Waals surface area contributed by atoms with Crippen molar-refractivity contribution in [2.75, 3.05) is 6.54 Å². The van der Waals surface area contributed by atoms with Crippen LogP contribution in [0.4, 0.5) is 4.79 Å². The summed E-state index contributed by atoms with van der Waals surface area (Å²) in [6.07, 6.45) is 4.56. The molecule has 2 amide bonds. The van der Waals surface area contributed by atoms with Crippen LogP contribution in [0.2, 0.25) is 0 Å². The van der Waals surface area contributed by atoms with Crippen LogP contribution in [-0.2, 0) is 9.53 Å². The van der Waals surface area contributed by atoms with Gasteiger partial charge in [0.1, 0.15) is 0 Å². The Balaban J connectivity index is 1.63. The Morgan fingerprint density at radius 3 is 2.43 bits per heavy atom. The molecule has 21 heavy (non-hydrogen) atoms. The quantitative estimate of drug-likeness (QED) is 0.739. The van der Waals surface area contributed by atoms with Crippen LogP contribution in [0.25, 0.3) is 0 Å². The summed E-state index contributed by atoms with van der Waals surface area (Å²) < 4.78 is 5.35. The lowest BCUT2D eigenvalue weighted by molar-refractivity contribution is -0.149. The highest BCUT2D eigenvalue weighted by molar-refractivity contribution is 5.74. The molecule has 1 aliphatic heterocycles. The van der Waals surface area contributed by atoms with Crippen molar-refractivity contribution >= 4 is 12.0 Å². The fraction of sp³-hybridized carbons (Fsp3) is 0.867. The van der Waals surface area contributed by atoms with Gasteiger partial charge in [-0.3, -0.25) is 0 Å². The molecule has 6 nitrogen and oxygen atoms in total. The van der Waals surface area contributed by atoms with Crippen molar-refractivity contribution in [2.45, 2.75) is 70.6 Å². The van der Waals surface area contributed by atoms with Crippen molar-refractivity contribution in [3.63, 3.8) is 0 Å². The number of carboxylic acid groups (broad SMARTS) is 1. The minimum atomic E-state index is -0.924. The Kier molecular flexibility index (Phi) is 5.08. The molecule has 0 radical (unpaired) electrons. The fourth-order valence-corrected chi connectivity index (χ4v) is 3.02. The first-order chi connectivity index (χ1) is 9.85. The molecule has 1 saturated heterocycles. The zero-order valence-electron chi connectivity index (χ0n) is 12.9. The number of hydrogen-bond acceptors (Lipinski definition) is 3. The van der Waals surface area contributed by atoms with E-state index >= 15 is 0 Å². The lowest BCUT2D eigenvalue weighted by atomic mass is 9.76. The van der Waals surface area contributed by atoms with Gasteiger partial charge in [-0.05, 0) is 43.9 Å². The summed E-state index contributed by atoms with van der Waals surface area (Å²) in [5.74, 6) is -0.924. The second kappa shape index (κ2) is 6.64. The molecule has 0 spiro atoms. The van der Waals surface area contributed by atoms with Gasteiger partial charge in [-0.1, -0.05) is 13.8 Å². The summed E-state index contributed by atoms with van der Waals surface area (Å²) >= 11 is 0. The Morgan fingerprint density at radius 2 is 1.86 bits per heavy atom. The van der Waals surface area contributed by atoms with Crippen molar-refractivity contribution < 1.29 is 19.4 Å². The summed E-state index contributed by atoms with van der Waals surface area (Å²) in [6, 6.07) is 0.0661. The number of ether oxygens (including phenoxy) is 1. The Morgan fingerprint density at radius 1 is 1.19 bits per heavy atom. The zero-order chi connectivity index (χ0) is 15.5. The summed E-state index contributed by atoms with van der Waals surface area (Å²) in [5.41, 5.74) is 0.387. The number of nitrogens with one attached hydrogen (secondary N) is 2. The molecular formula is C15H26N2O4. The molecule has 0 aromatic carbocycles. The zero-order valence-corrected chi connectivity index (χ0v) is 12.9. The van der Waals surface area contributed by atoms with Gasteiger partial charge in [0.05, 0.1) is 6.10 Å². The van der Waals surface area contributed by atoms with E-state index in [1.807, 2.05) is 0 Å². The Hall–Kier alpha value is -1.30. The lowest BCUT2D eigenvalue weighted by Gasteiger charge is -2.34. The van der Waals surface area contributed by atoms with Crippen LogP contribution in [0.15, 0.2) is 0 Å². The monoisotopic (exact) mass is 298 g/mol. The lowest BCUT2D eigenvalue weighted by Crippen LogP contribution is -2.46. The van der Waals surface area contributed by atoms with Gasteiger partial charge in [-0.25, -0.2) is 9.59 Å². The highest BCUT2D eigenvalue weighted by atomic mass is 16.5. The molecule has 0 bridgehead atoms. The van der Waals surface area contributed by atoms with Crippen molar-refractivity contribution in [1.29, 1.82) is 0 Å². The van der Waals surface area contributed by atoms with E-state index in [1.54, 1.807) is 0 Å². The van der Waals surface area contributed by atoms with Crippen LogP contribution in [0, 0.1) is 5.41 Å². The SMILES string of the molecule is CC1(C)CCC(NC(=O)NCC2CCC(C(=O)O)O2)CC1. The van der Waals surface area contributed by atoms with Gasteiger partial charge in [0.2, 0.25) is 0 Å². The minimum Gasteiger partial charge on any atom is -0.479 e. The highest BCUT2D eigenvalue weighted by Gasteiger charge is 2.31. The predicted molar refractivity (Wildman–Crippen MR) is 78.1 cm³/mol. The maximum atomic E-state index is 11.9. The van der Waals surface area contributed by atoms with Crippen LogP contribution in [-0.4, -0.2) is 41.9 Å². The van der Waals surface area contributed by atoms with E-state index in [0.717, 1.165) is 25.7 Å². The molecule has 6 heteroatoms. The predicted octanol–water partition coefficient (Wildman–Crippen LogP) is 1.89. The fourth-order valence-electron chi connectivity index (χ4n) is 3.02. The van der Waals surface area contributed by atoms with Crippen molar-refractivity contribution in [3.05, 3.63) is 0 Å². The second-order valence-corrected chi connectivity index (χ2v) is 6.96. The normalized spacial score (nSPS) is 29.0. The van der Waals surface area contributed by atoms with Gasteiger partial charge in [0, 0.05) is 12.6 Å². The molecule has 2 unspecified atom stereocenters. The number of rotatable bonds is 4. The van der Waals surface area contributed by atoms with Crippen LogP contribution in [0.5, 0.6) is 0 Å². The number of aliphatic carboxylic acids is 1. The van der Waals surface area contributed by atoms with E-state index < -0.39 is 12.1 Å². The molecule has 120 valence electrons. The van der Waals surface area contributed by atoms with E-state index in [1.165, 1.54) is 0 Å². The molecular weight excluding hydrogens is 272 g/mol. The van der Waals surface area contributed by atoms with E-state index in [2.05, 4.69) is 24.5 Å². The molecule has 2 atom stereocenters. The van der Waals surface area contributed by atoms with Gasteiger partial charge in [-0.2, -0.15) is 0 Å². The van der Waals surface area contributed by atoms with Crippen LogP contribution < -0.4 is 10.6 Å². The van der Waals surface area contributed by atoms with Crippen LogP contribution in [0.1, 0.15) is 52.4 Å². The van der Waals surface area contributed by atoms with E-state index in [0.29, 0.717) is 24.8 Å². The largest absolute Gasteiger partial charge is 0.479 e. The summed E-state index contributed by atoms with van der Waals surface area (Å²) in [6.45, 7) is 4.90. The van der Waals surface area contributed by atoms with Crippen LogP contribution >= 0.6 is 0 Å². The summed E-state index contributed by atoms with van der Waals surface area (Å²) in [7, 11) is 0. The maximum absolute atomic E-state index is 11.9. The highest BCUT2D eigenvalue weighted by Crippen LogP contribution is 2.34. The third kappa shape index (κ3) is 4.88. The van der Waals surface area contributed by atoms with Gasteiger partial charge < -0.3 is 20.5 Å². The molecule has 1 aliphatic carbocycles. The molecule has 0 aromatic heterocycles. The Labute approximate surface area is 125 Å². The Bertz CT molecular complexity index is 387. The van der Waals surface area contributed by atoms with Gasteiger partial charge in [0.15, 0.2) is 6.10 Å². The standard InChI is InChI=1S/C15H26N2O4/c1-15(2)7-5-10(6-8-15)17-14(20)16-9-11-3-4-12(21-11)13(18)19/h10-12H,3-9H2,1-2H3,(H,18,19)(H2,16,17,20). The van der Waals surface area contributed by atoms with Gasteiger partial charge in [0.25, 0.3) is 0 Å². The first-order valence-corrected chi connectivity index (χ1v) is 7.78. The number of hydrogen-bond donors (Lipinski definition) is 3. The molecule has 0 aromatic rings. The number of urea groups is 1. The summed E-state index contributed by atoms with van der Waals surface area (Å²) in [4.78, 5) is 22.6. The smallest absolute Gasteiger partial charge is 0.332 e. The number of amides is 2. The topological polar surface area (TPSA) is 87.7 Å². The van der Waals surface area contributed by atoms with E-state index in [9.17, 15) is 9.59 Å². The van der Waals surface area contributed by atoms with E-state index in [-0.39, 0.29) is 18.2 Å². The minimum absolute atomic E-state index is 0.179. The van der Waals surface area contributed by atoms with Crippen molar-refractivity contribution in [3.8, 4) is 0 Å². The average molecular weight is 298 g/mol. The third-order valence-electron chi connectivity index (χ3n) is 4.55. The first-order valence-electron chi connectivity index (χ1n) is 7.78. The first kappa shape index (κ1) is 16.1. The molecule has 2 aliphatic rings. The van der Waals surface area contributed by atoms with Crippen molar-refractivity contribution in [1.82, 2.24) is 10.6 Å². The number of carbonyl (C=O) groups is 2. The van der Waals surface area contributed by atoms with Gasteiger partial charge in [-0.15, -0.1) is 0 Å². The second-order valence-electron chi connectivity index (χ2n) is 6.96. The van der Waals surface area contributed by atoms with Gasteiger partial charge >= 0.3 is 12.0 Å². The molecule has 3 N–H and O–H groups in total. The third-order valence-corrected chi connectivity index (χ3v) is 4.55. The van der Waals surface area contributed by atoms with Crippen molar-refractivity contribution in [2.24, 2.45) is 5.41 Å².